The SMILES string of the molecule is CCN(CC(=O)O)C1CC(NCc2ccc3cc(OC)ccc3c2)C1. The van der Waals surface area contributed by atoms with Gasteiger partial charge in [0, 0.05) is 18.6 Å². The minimum absolute atomic E-state index is 0.141. The maximum atomic E-state index is 10.9. The number of nitrogens with zero attached hydrogens (tertiary/aromatic N) is 1. The predicted octanol–water partition coefficient (Wildman–Crippen LogP) is 2.88. The van der Waals surface area contributed by atoms with Crippen LogP contribution >= 0.6 is 0 Å². The Hall–Kier alpha value is -2.11. The Kier molecular flexibility index (Phi) is 5.56. The summed E-state index contributed by atoms with van der Waals surface area (Å²) < 4.78 is 5.26. The van der Waals surface area contributed by atoms with Crippen LogP contribution in [0.1, 0.15) is 25.3 Å². The second kappa shape index (κ2) is 7.85. The summed E-state index contributed by atoms with van der Waals surface area (Å²) in [5, 5.41) is 14.9. The molecule has 0 atom stereocenters. The summed E-state index contributed by atoms with van der Waals surface area (Å²) in [5.41, 5.74) is 1.26. The van der Waals surface area contributed by atoms with E-state index in [0.29, 0.717) is 12.1 Å². The van der Waals surface area contributed by atoms with Gasteiger partial charge in [0.05, 0.1) is 13.7 Å². The van der Waals surface area contributed by atoms with Crippen molar-refractivity contribution in [1.82, 2.24) is 10.2 Å². The van der Waals surface area contributed by atoms with E-state index in [4.69, 9.17) is 9.84 Å². The number of ether oxygens (including phenoxy) is 1. The molecule has 0 radical (unpaired) electrons. The molecular weight excluding hydrogens is 316 g/mol. The van der Waals surface area contributed by atoms with Crippen LogP contribution in [0.5, 0.6) is 5.75 Å². The van der Waals surface area contributed by atoms with Crippen molar-refractivity contribution in [3.63, 3.8) is 0 Å². The topological polar surface area (TPSA) is 61.8 Å². The molecule has 5 heteroatoms. The van der Waals surface area contributed by atoms with Gasteiger partial charge in [0.15, 0.2) is 0 Å². The van der Waals surface area contributed by atoms with Gasteiger partial charge in [-0.1, -0.05) is 25.1 Å². The van der Waals surface area contributed by atoms with Crippen LogP contribution in [0.2, 0.25) is 0 Å². The maximum Gasteiger partial charge on any atom is 0.317 e. The fourth-order valence-corrected chi connectivity index (χ4v) is 3.50. The van der Waals surface area contributed by atoms with E-state index in [1.165, 1.54) is 16.3 Å². The lowest BCUT2D eigenvalue weighted by Gasteiger charge is -2.42. The standard InChI is InChI=1S/C20H26N2O3/c1-3-22(13-20(23)24)18-10-17(11-18)21-12-14-4-5-16-9-19(25-2)7-6-15(16)8-14/h4-9,17-18,21H,3,10-13H2,1-2H3,(H,23,24). The van der Waals surface area contributed by atoms with Crippen LogP contribution in [0.3, 0.4) is 0 Å². The molecule has 0 aromatic heterocycles. The molecule has 0 amide bonds. The molecule has 0 spiro atoms. The molecule has 0 saturated heterocycles. The fraction of sp³-hybridized carbons (Fsp3) is 0.450. The molecule has 0 heterocycles. The molecular formula is C20H26N2O3. The molecule has 0 unspecified atom stereocenters. The molecule has 1 aliphatic carbocycles. The Morgan fingerprint density at radius 3 is 2.64 bits per heavy atom. The zero-order valence-corrected chi connectivity index (χ0v) is 14.9. The number of nitrogens with one attached hydrogen (secondary N) is 1. The normalized spacial score (nSPS) is 19.8. The van der Waals surface area contributed by atoms with E-state index < -0.39 is 5.97 Å². The second-order valence-electron chi connectivity index (χ2n) is 6.71. The van der Waals surface area contributed by atoms with Gasteiger partial charge in [0.25, 0.3) is 0 Å². The molecule has 1 fully saturated rings. The van der Waals surface area contributed by atoms with Crippen molar-refractivity contribution in [2.45, 2.75) is 38.4 Å². The minimum atomic E-state index is -0.744. The number of hydrogen-bond donors (Lipinski definition) is 2. The number of likely N-dealkylation sites (N-methyl/N-ethyl adjacent to an activating group) is 1. The van der Waals surface area contributed by atoms with E-state index in [-0.39, 0.29) is 6.54 Å². The number of carboxylic acid groups (broad SMARTS) is 1. The first-order valence-corrected chi connectivity index (χ1v) is 8.85. The van der Waals surface area contributed by atoms with Gasteiger partial charge in [-0.05, 0) is 53.9 Å². The van der Waals surface area contributed by atoms with E-state index in [1.54, 1.807) is 7.11 Å². The van der Waals surface area contributed by atoms with Crippen molar-refractivity contribution in [3.8, 4) is 5.75 Å². The van der Waals surface area contributed by atoms with E-state index in [9.17, 15) is 4.79 Å². The quantitative estimate of drug-likeness (QED) is 0.772. The van der Waals surface area contributed by atoms with Gasteiger partial charge in [-0.25, -0.2) is 0 Å². The van der Waals surface area contributed by atoms with Gasteiger partial charge in [-0.15, -0.1) is 0 Å². The monoisotopic (exact) mass is 342 g/mol. The van der Waals surface area contributed by atoms with Crippen molar-refractivity contribution < 1.29 is 14.6 Å². The van der Waals surface area contributed by atoms with Gasteiger partial charge < -0.3 is 15.2 Å². The van der Waals surface area contributed by atoms with Crippen molar-refractivity contribution in [2.24, 2.45) is 0 Å². The Bertz CT molecular complexity index is 741. The lowest BCUT2D eigenvalue weighted by Crippen LogP contribution is -2.53. The third-order valence-corrected chi connectivity index (χ3v) is 5.08. The van der Waals surface area contributed by atoms with E-state index in [1.807, 2.05) is 24.0 Å². The molecule has 3 rings (SSSR count). The third kappa shape index (κ3) is 4.30. The number of rotatable bonds is 8. The van der Waals surface area contributed by atoms with Gasteiger partial charge in [0.2, 0.25) is 0 Å². The number of benzene rings is 2. The van der Waals surface area contributed by atoms with Gasteiger partial charge in [-0.2, -0.15) is 0 Å². The van der Waals surface area contributed by atoms with Gasteiger partial charge in [0.1, 0.15) is 5.75 Å². The van der Waals surface area contributed by atoms with Gasteiger partial charge >= 0.3 is 5.97 Å². The number of hydrogen-bond acceptors (Lipinski definition) is 4. The summed E-state index contributed by atoms with van der Waals surface area (Å²) in [6.07, 6.45) is 2.04. The molecule has 25 heavy (non-hydrogen) atoms. The Balaban J connectivity index is 1.51. The third-order valence-electron chi connectivity index (χ3n) is 5.08. The highest BCUT2D eigenvalue weighted by atomic mass is 16.5. The molecule has 2 aromatic carbocycles. The van der Waals surface area contributed by atoms with Crippen molar-refractivity contribution >= 4 is 16.7 Å². The Morgan fingerprint density at radius 1 is 1.24 bits per heavy atom. The molecule has 0 aliphatic heterocycles. The summed E-state index contributed by atoms with van der Waals surface area (Å²) in [7, 11) is 1.68. The van der Waals surface area contributed by atoms with E-state index >= 15 is 0 Å². The summed E-state index contributed by atoms with van der Waals surface area (Å²) in [6, 6.07) is 13.5. The number of carbonyl (C=O) groups is 1. The zero-order valence-electron chi connectivity index (χ0n) is 14.9. The molecule has 0 bridgehead atoms. The average molecular weight is 342 g/mol. The summed E-state index contributed by atoms with van der Waals surface area (Å²) in [6.45, 7) is 3.79. The average Bonchev–Trinajstić information content (AvgIpc) is 2.58. The van der Waals surface area contributed by atoms with Crippen LogP contribution in [0.4, 0.5) is 0 Å². The van der Waals surface area contributed by atoms with Crippen LogP contribution in [-0.2, 0) is 11.3 Å². The van der Waals surface area contributed by atoms with Crippen LogP contribution in [0.25, 0.3) is 10.8 Å². The summed E-state index contributed by atoms with van der Waals surface area (Å²) in [4.78, 5) is 12.9. The number of aliphatic carboxylic acids is 1. The largest absolute Gasteiger partial charge is 0.497 e. The molecule has 5 nitrogen and oxygen atoms in total. The lowest BCUT2D eigenvalue weighted by atomic mass is 9.85. The highest BCUT2D eigenvalue weighted by Gasteiger charge is 2.33. The van der Waals surface area contributed by atoms with E-state index in [0.717, 1.165) is 31.7 Å². The zero-order chi connectivity index (χ0) is 17.8. The number of methoxy groups -OCH3 is 1. The Labute approximate surface area is 148 Å². The Morgan fingerprint density at radius 2 is 1.96 bits per heavy atom. The first kappa shape index (κ1) is 17.7. The second-order valence-corrected chi connectivity index (χ2v) is 6.71. The fourth-order valence-electron chi connectivity index (χ4n) is 3.50. The van der Waals surface area contributed by atoms with Crippen molar-refractivity contribution in [2.75, 3.05) is 20.2 Å². The number of fused-ring (bicyclic) bond motifs is 1. The van der Waals surface area contributed by atoms with E-state index in [2.05, 4.69) is 29.6 Å². The summed E-state index contributed by atoms with van der Waals surface area (Å²) in [5.74, 6) is 0.131. The first-order valence-electron chi connectivity index (χ1n) is 8.85. The molecule has 2 aromatic rings. The van der Waals surface area contributed by atoms with Crippen LogP contribution in [0.15, 0.2) is 36.4 Å². The van der Waals surface area contributed by atoms with Gasteiger partial charge in [-0.3, -0.25) is 9.69 Å². The highest BCUT2D eigenvalue weighted by Crippen LogP contribution is 2.26. The van der Waals surface area contributed by atoms with Crippen LogP contribution < -0.4 is 10.1 Å². The molecule has 134 valence electrons. The van der Waals surface area contributed by atoms with Crippen LogP contribution in [-0.4, -0.2) is 48.3 Å². The molecule has 1 aliphatic rings. The number of carboxylic acids is 1. The first-order chi connectivity index (χ1) is 12.1. The van der Waals surface area contributed by atoms with Crippen molar-refractivity contribution in [1.29, 1.82) is 0 Å². The molecule has 2 N–H and O–H groups in total. The van der Waals surface area contributed by atoms with Crippen LogP contribution in [0, 0.1) is 0 Å². The lowest BCUT2D eigenvalue weighted by molar-refractivity contribution is -0.139. The van der Waals surface area contributed by atoms with Crippen molar-refractivity contribution in [3.05, 3.63) is 42.0 Å². The summed E-state index contributed by atoms with van der Waals surface area (Å²) >= 11 is 0. The predicted molar refractivity (Wildman–Crippen MR) is 99.0 cm³/mol. The maximum absolute atomic E-state index is 10.9. The highest BCUT2D eigenvalue weighted by molar-refractivity contribution is 5.84. The smallest absolute Gasteiger partial charge is 0.317 e. The molecule has 1 saturated carbocycles. The minimum Gasteiger partial charge on any atom is -0.497 e.